The first-order valence-electron chi connectivity index (χ1n) is 10.8. The number of nitrogens with two attached hydrogens (primary N) is 1. The Morgan fingerprint density at radius 2 is 1.87 bits per heavy atom. The minimum Gasteiger partial charge on any atom is -0.772 e. The van der Waals surface area contributed by atoms with Crippen LogP contribution in [0.3, 0.4) is 0 Å². The maximum absolute atomic E-state index is 15.1. The van der Waals surface area contributed by atoms with Crippen molar-refractivity contribution in [3.8, 4) is 0 Å². The monoisotopic (exact) mass is 572 g/mol. The Kier molecular flexibility index (Phi) is 7.91. The van der Waals surface area contributed by atoms with Crippen LogP contribution in [0.1, 0.15) is 17.4 Å². The molecule has 0 bridgehead atoms. The van der Waals surface area contributed by atoms with Crippen LogP contribution in [0.4, 0.5) is 10.2 Å². The van der Waals surface area contributed by atoms with E-state index >= 15 is 4.39 Å². The lowest BCUT2D eigenvalue weighted by atomic mass is 9.93. The molecule has 1 saturated heterocycles. The number of fused-ring (bicyclic) bond motifs is 1. The summed E-state index contributed by atoms with van der Waals surface area (Å²) in [5.74, 6) is -4.05. The second-order valence-corrected chi connectivity index (χ2v) is 9.63. The number of imidazole rings is 1. The van der Waals surface area contributed by atoms with Crippen molar-refractivity contribution in [1.29, 1.82) is 0 Å². The summed E-state index contributed by atoms with van der Waals surface area (Å²) in [6.07, 6.45) is -6.40. The van der Waals surface area contributed by atoms with Crippen molar-refractivity contribution in [2.24, 2.45) is 0 Å². The van der Waals surface area contributed by atoms with Crippen LogP contribution in [0.5, 0.6) is 0 Å². The van der Waals surface area contributed by atoms with Gasteiger partial charge in [0.15, 0.2) is 23.9 Å². The van der Waals surface area contributed by atoms with E-state index < -0.39 is 66.3 Å². The molecule has 0 spiro atoms. The average Bonchev–Trinajstić information content (AvgIpc) is 3.38. The molecule has 0 radical (unpaired) electrons. The molecule has 4 rings (SSSR count). The number of nitrogen functional groups attached to an aromatic ring is 1. The number of aliphatic hydroxyl groups is 1. The molecule has 5 atom stereocenters. The van der Waals surface area contributed by atoms with Gasteiger partial charge in [-0.1, -0.05) is 35.3 Å². The van der Waals surface area contributed by atoms with Gasteiger partial charge in [0, 0.05) is 12.2 Å². The van der Waals surface area contributed by atoms with Gasteiger partial charge < -0.3 is 35.1 Å². The molecule has 1 aromatic carbocycles. The van der Waals surface area contributed by atoms with Gasteiger partial charge >= 0.3 is 11.9 Å². The molecule has 0 saturated carbocycles. The average molecular weight is 573 g/mol. The quantitative estimate of drug-likeness (QED) is 0.145. The summed E-state index contributed by atoms with van der Waals surface area (Å²) in [5, 5.41) is 29.7. The third-order valence-electron chi connectivity index (χ3n) is 5.93. The van der Waals surface area contributed by atoms with E-state index in [4.69, 9.17) is 26.8 Å². The SMILES string of the molecule is Nc1nc(Cl)nc2c1ncn2[C@@H]1O[C@H](COC(Cc2ccc(CS(=O)[O-])cc2)(C(=O)O)C(=O)O)[C@@H](O)[C@@H]1F. The second-order valence-electron chi connectivity index (χ2n) is 8.39. The third kappa shape index (κ3) is 5.31. The number of hydrogen-bond acceptors (Lipinski definition) is 11. The molecule has 1 aliphatic heterocycles. The van der Waals surface area contributed by atoms with Gasteiger partial charge in [-0.25, -0.2) is 19.0 Å². The van der Waals surface area contributed by atoms with Crippen LogP contribution in [0.25, 0.3) is 11.2 Å². The minimum absolute atomic E-state index is 0.0126. The van der Waals surface area contributed by atoms with Gasteiger partial charge in [-0.3, -0.25) is 8.78 Å². The van der Waals surface area contributed by atoms with E-state index in [1.165, 1.54) is 24.3 Å². The molecule has 3 aromatic rings. The molecule has 38 heavy (non-hydrogen) atoms. The zero-order chi connectivity index (χ0) is 27.8. The number of carboxylic acid groups (broad SMARTS) is 2. The molecule has 0 aliphatic carbocycles. The van der Waals surface area contributed by atoms with E-state index in [0.717, 1.165) is 10.9 Å². The van der Waals surface area contributed by atoms with E-state index in [9.17, 15) is 33.7 Å². The normalized spacial score (nSPS) is 22.5. The number of ether oxygens (including phenoxy) is 2. The van der Waals surface area contributed by atoms with Gasteiger partial charge in [-0.05, 0) is 22.7 Å². The Labute approximate surface area is 220 Å². The fraction of sp³-hybridized carbons (Fsp3) is 0.381. The molecular weight excluding hydrogens is 553 g/mol. The van der Waals surface area contributed by atoms with Gasteiger partial charge in [0.05, 0.1) is 12.9 Å². The van der Waals surface area contributed by atoms with Crippen LogP contribution in [0.15, 0.2) is 30.6 Å². The van der Waals surface area contributed by atoms with Crippen LogP contribution < -0.4 is 5.73 Å². The summed E-state index contributed by atoms with van der Waals surface area (Å²) in [7, 11) is 0. The fourth-order valence-electron chi connectivity index (χ4n) is 3.98. The fourth-order valence-corrected chi connectivity index (χ4v) is 4.62. The van der Waals surface area contributed by atoms with E-state index in [2.05, 4.69) is 15.0 Å². The van der Waals surface area contributed by atoms with Gasteiger partial charge in [0.25, 0.3) is 5.60 Å². The van der Waals surface area contributed by atoms with Crippen molar-refractivity contribution in [3.63, 3.8) is 0 Å². The molecule has 2 aromatic heterocycles. The minimum atomic E-state index is -2.83. The third-order valence-corrected chi connectivity index (χ3v) is 6.67. The highest BCUT2D eigenvalue weighted by molar-refractivity contribution is 7.78. The number of aliphatic hydroxyl groups excluding tert-OH is 1. The molecular formula is C21H20ClFN5O9S-. The molecule has 1 aliphatic rings. The standard InChI is InChI=1S/C21H21ClFN5O9S/c22-20-26-15(24)13-16(27-20)28(8-25-13)17-12(23)14(29)11(37-17)6-36-21(18(30)31,19(32)33)5-9-1-3-10(4-2-9)7-38(34)35/h1-4,8,11-12,14,17,29H,5-7H2,(H,30,31)(H,32,33)(H,34,35)(H2,24,26,27)/p-1/t11-,12+,14-,17-/m1/s1. The Morgan fingerprint density at radius 1 is 1.24 bits per heavy atom. The number of halogens is 2. The van der Waals surface area contributed by atoms with Gasteiger partial charge in [0.2, 0.25) is 5.28 Å². The topological polar surface area (TPSA) is 223 Å². The predicted octanol–water partition coefficient (Wildman–Crippen LogP) is 0.205. The van der Waals surface area contributed by atoms with Gasteiger partial charge in [-0.15, -0.1) is 0 Å². The number of nitrogens with zero attached hydrogens (tertiary/aromatic N) is 4. The maximum Gasteiger partial charge on any atom is 0.348 e. The largest absolute Gasteiger partial charge is 0.772 e. The molecule has 5 N–H and O–H groups in total. The van der Waals surface area contributed by atoms with Crippen molar-refractivity contribution in [3.05, 3.63) is 47.0 Å². The molecule has 14 nitrogen and oxygen atoms in total. The smallest absolute Gasteiger partial charge is 0.348 e. The number of alkyl halides is 1. The van der Waals surface area contributed by atoms with Crippen molar-refractivity contribution < 1.29 is 47.5 Å². The summed E-state index contributed by atoms with van der Waals surface area (Å²) >= 11 is 3.47. The molecule has 17 heteroatoms. The van der Waals surface area contributed by atoms with Crippen molar-refractivity contribution >= 4 is 51.6 Å². The predicted molar refractivity (Wildman–Crippen MR) is 126 cm³/mol. The van der Waals surface area contributed by atoms with Gasteiger partial charge in [-0.2, -0.15) is 9.97 Å². The van der Waals surface area contributed by atoms with Gasteiger partial charge in [0.1, 0.15) is 17.7 Å². The molecule has 3 heterocycles. The summed E-state index contributed by atoms with van der Waals surface area (Å²) in [4.78, 5) is 35.8. The summed E-state index contributed by atoms with van der Waals surface area (Å²) in [6.45, 7) is -0.811. The number of aromatic nitrogens is 4. The number of anilines is 1. The number of carboxylic acids is 2. The van der Waals surface area contributed by atoms with Crippen LogP contribution >= 0.6 is 11.6 Å². The molecule has 1 fully saturated rings. The molecule has 204 valence electrons. The lowest BCUT2D eigenvalue weighted by molar-refractivity contribution is -0.190. The molecule has 1 unspecified atom stereocenters. The lowest BCUT2D eigenvalue weighted by Crippen LogP contribution is -2.52. The van der Waals surface area contributed by atoms with Crippen LogP contribution in [0, 0.1) is 0 Å². The number of benzene rings is 1. The maximum atomic E-state index is 15.1. The van der Waals surface area contributed by atoms with Crippen LogP contribution in [-0.2, 0) is 42.3 Å². The number of aliphatic carboxylic acids is 2. The lowest BCUT2D eigenvalue weighted by Gasteiger charge is -2.27. The Morgan fingerprint density at radius 3 is 2.47 bits per heavy atom. The Bertz CT molecular complexity index is 1380. The summed E-state index contributed by atoms with van der Waals surface area (Å²) in [6, 6.07) is 5.53. The first-order valence-corrected chi connectivity index (χ1v) is 12.4. The highest BCUT2D eigenvalue weighted by atomic mass is 35.5. The van der Waals surface area contributed by atoms with Crippen LogP contribution in [0.2, 0.25) is 5.28 Å². The highest BCUT2D eigenvalue weighted by Crippen LogP contribution is 2.35. The van der Waals surface area contributed by atoms with Crippen LogP contribution in [-0.4, -0.2) is 86.1 Å². The first kappa shape index (κ1) is 27.7. The van der Waals surface area contributed by atoms with E-state index in [0.29, 0.717) is 5.56 Å². The summed E-state index contributed by atoms with van der Waals surface area (Å²) in [5.41, 5.74) is 3.65. The zero-order valence-corrected chi connectivity index (χ0v) is 20.7. The van der Waals surface area contributed by atoms with E-state index in [1.807, 2.05) is 0 Å². The van der Waals surface area contributed by atoms with E-state index in [-0.39, 0.29) is 33.6 Å². The Hall–Kier alpha value is -3.28. The van der Waals surface area contributed by atoms with Crippen molar-refractivity contribution in [2.45, 2.75) is 42.4 Å². The number of carbonyl (C=O) groups is 2. The van der Waals surface area contributed by atoms with E-state index in [1.54, 1.807) is 0 Å². The zero-order valence-electron chi connectivity index (χ0n) is 19.1. The first-order chi connectivity index (χ1) is 17.9. The number of hydrogen-bond donors (Lipinski definition) is 4. The van der Waals surface area contributed by atoms with Crippen molar-refractivity contribution in [2.75, 3.05) is 12.3 Å². The summed E-state index contributed by atoms with van der Waals surface area (Å²) < 4.78 is 48.8. The Balaban J connectivity index is 1.54. The second kappa shape index (κ2) is 10.8. The van der Waals surface area contributed by atoms with Crippen molar-refractivity contribution in [1.82, 2.24) is 19.5 Å². The molecule has 0 amide bonds. The highest BCUT2D eigenvalue weighted by Gasteiger charge is 2.52. The number of rotatable bonds is 10.